The maximum Gasteiger partial charge on any atom is 0.257 e. The highest BCUT2D eigenvalue weighted by molar-refractivity contribution is 9.12. The quantitative estimate of drug-likeness (QED) is 0.767. The summed E-state index contributed by atoms with van der Waals surface area (Å²) in [4.78, 5) is 12.0. The van der Waals surface area contributed by atoms with Crippen molar-refractivity contribution in [1.82, 2.24) is 0 Å². The number of carbonyl (C=O) groups is 1. The van der Waals surface area contributed by atoms with Crippen molar-refractivity contribution in [3.8, 4) is 0 Å². The van der Waals surface area contributed by atoms with Gasteiger partial charge in [-0.1, -0.05) is 12.1 Å². The summed E-state index contributed by atoms with van der Waals surface area (Å²) in [7, 11) is 0. The Labute approximate surface area is 124 Å². The Balaban J connectivity index is 2.30. The molecule has 1 N–H and O–H groups in total. The van der Waals surface area contributed by atoms with Crippen LogP contribution in [0.3, 0.4) is 0 Å². The number of carbonyl (C=O) groups excluding carboxylic acids is 1. The Morgan fingerprint density at radius 3 is 2.67 bits per heavy atom. The van der Waals surface area contributed by atoms with Gasteiger partial charge in [0, 0.05) is 0 Å². The number of nitrogens with one attached hydrogen (secondary N) is 1. The molecule has 0 aliphatic rings. The van der Waals surface area contributed by atoms with Crippen molar-refractivity contribution < 1.29 is 9.18 Å². The third-order valence-corrected chi connectivity index (χ3v) is 4.70. The average Bonchev–Trinajstić information content (AvgIpc) is 2.63. The van der Waals surface area contributed by atoms with Gasteiger partial charge < -0.3 is 5.32 Å². The fourth-order valence-electron chi connectivity index (χ4n) is 1.47. The van der Waals surface area contributed by atoms with E-state index in [4.69, 9.17) is 0 Å². The number of benzene rings is 1. The van der Waals surface area contributed by atoms with Gasteiger partial charge in [-0.05, 0) is 56.5 Å². The lowest BCUT2D eigenvalue weighted by atomic mass is 10.2. The van der Waals surface area contributed by atoms with Crippen LogP contribution in [-0.4, -0.2) is 5.91 Å². The number of thiophene rings is 1. The van der Waals surface area contributed by atoms with Crippen LogP contribution >= 0.6 is 43.2 Å². The highest BCUT2D eigenvalue weighted by atomic mass is 79.9. The molecule has 0 aliphatic carbocycles. The van der Waals surface area contributed by atoms with Crippen molar-refractivity contribution in [3.63, 3.8) is 0 Å². The molecule has 2 nitrogen and oxygen atoms in total. The first-order valence-corrected chi connectivity index (χ1v) is 7.40. The predicted molar refractivity (Wildman–Crippen MR) is 78.8 cm³/mol. The molecule has 1 aromatic heterocycles. The molecule has 2 rings (SSSR count). The zero-order valence-corrected chi connectivity index (χ0v) is 13.2. The molecule has 18 heavy (non-hydrogen) atoms. The van der Waals surface area contributed by atoms with E-state index in [1.165, 1.54) is 17.4 Å². The number of rotatable bonds is 2. The fourth-order valence-corrected chi connectivity index (χ4v) is 4.26. The lowest BCUT2D eigenvalue weighted by molar-refractivity contribution is 0.102. The molecule has 0 aliphatic heterocycles. The number of hydrogen-bond donors (Lipinski definition) is 1. The highest BCUT2D eigenvalue weighted by Gasteiger charge is 2.16. The molecule has 0 spiro atoms. The van der Waals surface area contributed by atoms with Gasteiger partial charge in [0.1, 0.15) is 5.82 Å². The number of hydrogen-bond acceptors (Lipinski definition) is 2. The van der Waals surface area contributed by atoms with Crippen LogP contribution in [0, 0.1) is 12.7 Å². The summed E-state index contributed by atoms with van der Waals surface area (Å²) < 4.78 is 15.1. The van der Waals surface area contributed by atoms with E-state index in [-0.39, 0.29) is 11.6 Å². The van der Waals surface area contributed by atoms with Crippen LogP contribution in [-0.2, 0) is 0 Å². The summed E-state index contributed by atoms with van der Waals surface area (Å²) in [5.41, 5.74) is 1.39. The second-order valence-electron chi connectivity index (χ2n) is 3.62. The van der Waals surface area contributed by atoms with Crippen molar-refractivity contribution in [3.05, 3.63) is 48.8 Å². The van der Waals surface area contributed by atoms with Crippen LogP contribution in [0.5, 0.6) is 0 Å². The molecule has 0 bridgehead atoms. The molecule has 1 heterocycles. The van der Waals surface area contributed by atoms with E-state index in [0.717, 1.165) is 3.79 Å². The molecule has 0 atom stereocenters. The van der Waals surface area contributed by atoms with Gasteiger partial charge in [-0.3, -0.25) is 4.79 Å². The first kappa shape index (κ1) is 13.7. The zero-order chi connectivity index (χ0) is 13.3. The first-order valence-electron chi connectivity index (χ1n) is 5.00. The number of amides is 1. The van der Waals surface area contributed by atoms with Gasteiger partial charge in [0.2, 0.25) is 0 Å². The lowest BCUT2D eigenvalue weighted by Gasteiger charge is -2.08. The number of anilines is 1. The fraction of sp³-hybridized carbons (Fsp3) is 0.0833. The Morgan fingerprint density at radius 1 is 1.39 bits per heavy atom. The third-order valence-electron chi connectivity index (χ3n) is 2.36. The van der Waals surface area contributed by atoms with Crippen molar-refractivity contribution >= 4 is 54.8 Å². The second-order valence-corrected chi connectivity index (χ2v) is 7.37. The molecule has 0 unspecified atom stereocenters. The number of halogens is 3. The van der Waals surface area contributed by atoms with Crippen LogP contribution in [0.1, 0.15) is 15.9 Å². The Morgan fingerprint density at radius 2 is 2.11 bits per heavy atom. The van der Waals surface area contributed by atoms with Gasteiger partial charge in [-0.25, -0.2) is 4.39 Å². The van der Waals surface area contributed by atoms with E-state index in [1.807, 2.05) is 0 Å². The van der Waals surface area contributed by atoms with Gasteiger partial charge in [-0.2, -0.15) is 0 Å². The third kappa shape index (κ3) is 2.81. The molecule has 0 saturated carbocycles. The van der Waals surface area contributed by atoms with Gasteiger partial charge in [0.05, 0.1) is 18.8 Å². The number of aryl methyl sites for hydroxylation is 1. The predicted octanol–water partition coefficient (Wildman–Crippen LogP) is 4.97. The van der Waals surface area contributed by atoms with Crippen molar-refractivity contribution in [2.45, 2.75) is 6.92 Å². The smallest absolute Gasteiger partial charge is 0.257 e. The van der Waals surface area contributed by atoms with E-state index in [2.05, 4.69) is 37.2 Å². The molecule has 0 fully saturated rings. The first-order chi connectivity index (χ1) is 8.49. The molecule has 1 aromatic carbocycles. The molecular formula is C12H8Br2FNOS. The monoisotopic (exact) mass is 391 g/mol. The topological polar surface area (TPSA) is 29.1 Å². The largest absolute Gasteiger partial charge is 0.319 e. The minimum atomic E-state index is -0.436. The average molecular weight is 393 g/mol. The summed E-state index contributed by atoms with van der Waals surface area (Å²) in [6.07, 6.45) is 0. The van der Waals surface area contributed by atoms with Crippen LogP contribution in [0.15, 0.2) is 31.8 Å². The van der Waals surface area contributed by atoms with Crippen LogP contribution in [0.4, 0.5) is 10.1 Å². The van der Waals surface area contributed by atoms with E-state index in [1.54, 1.807) is 25.1 Å². The van der Waals surface area contributed by atoms with E-state index in [0.29, 0.717) is 14.9 Å². The summed E-state index contributed by atoms with van der Waals surface area (Å²) >= 11 is 8.00. The van der Waals surface area contributed by atoms with Gasteiger partial charge in [-0.15, -0.1) is 11.3 Å². The van der Waals surface area contributed by atoms with Gasteiger partial charge in [0.25, 0.3) is 5.91 Å². The summed E-state index contributed by atoms with van der Waals surface area (Å²) in [6, 6.07) is 6.37. The molecule has 1 amide bonds. The summed E-state index contributed by atoms with van der Waals surface area (Å²) in [5, 5.41) is 2.59. The van der Waals surface area contributed by atoms with Gasteiger partial charge in [0.15, 0.2) is 0 Å². The maximum absolute atomic E-state index is 13.6. The van der Waals surface area contributed by atoms with E-state index in [9.17, 15) is 9.18 Å². The van der Waals surface area contributed by atoms with Crippen molar-refractivity contribution in [2.24, 2.45) is 0 Å². The Kier molecular flexibility index (Phi) is 4.19. The zero-order valence-electron chi connectivity index (χ0n) is 9.26. The van der Waals surface area contributed by atoms with Crippen molar-refractivity contribution in [2.75, 3.05) is 5.32 Å². The lowest BCUT2D eigenvalue weighted by Crippen LogP contribution is -2.13. The Hall–Kier alpha value is -0.720. The SMILES string of the molecule is Cc1cccc(F)c1NC(=O)c1cc(Br)sc1Br. The van der Waals surface area contributed by atoms with Gasteiger partial charge >= 0.3 is 0 Å². The highest BCUT2D eigenvalue weighted by Crippen LogP contribution is 2.32. The van der Waals surface area contributed by atoms with E-state index < -0.39 is 5.82 Å². The molecular weight excluding hydrogens is 385 g/mol. The summed E-state index contributed by atoms with van der Waals surface area (Å²) in [5.74, 6) is -0.772. The maximum atomic E-state index is 13.6. The second kappa shape index (κ2) is 5.50. The minimum Gasteiger partial charge on any atom is -0.319 e. The molecule has 2 aromatic rings. The molecule has 0 radical (unpaired) electrons. The van der Waals surface area contributed by atoms with Crippen molar-refractivity contribution in [1.29, 1.82) is 0 Å². The van der Waals surface area contributed by atoms with Crippen LogP contribution in [0.25, 0.3) is 0 Å². The normalized spacial score (nSPS) is 10.4. The molecule has 6 heteroatoms. The standard InChI is InChI=1S/C12H8Br2FNOS/c1-6-3-2-4-8(15)10(6)16-12(17)7-5-9(13)18-11(7)14/h2-5H,1H3,(H,16,17). The van der Waals surface area contributed by atoms with Crippen LogP contribution in [0.2, 0.25) is 0 Å². The Bertz CT molecular complexity index is 592. The van der Waals surface area contributed by atoms with Crippen LogP contribution < -0.4 is 5.32 Å². The number of para-hydroxylation sites is 1. The molecule has 94 valence electrons. The molecule has 0 saturated heterocycles. The van der Waals surface area contributed by atoms with E-state index >= 15 is 0 Å². The summed E-state index contributed by atoms with van der Waals surface area (Å²) in [6.45, 7) is 1.75. The minimum absolute atomic E-state index is 0.219.